The summed E-state index contributed by atoms with van der Waals surface area (Å²) in [4.78, 5) is 24.9. The van der Waals surface area contributed by atoms with Crippen molar-refractivity contribution >= 4 is 11.9 Å². The van der Waals surface area contributed by atoms with Gasteiger partial charge in [0.15, 0.2) is 12.7 Å². The van der Waals surface area contributed by atoms with Crippen LogP contribution >= 0.6 is 0 Å². The van der Waals surface area contributed by atoms with Crippen LogP contribution in [0.15, 0.2) is 18.2 Å². The third kappa shape index (κ3) is 3.87. The Morgan fingerprint density at radius 2 is 2.00 bits per heavy atom. The van der Waals surface area contributed by atoms with Gasteiger partial charge >= 0.3 is 5.97 Å². The Morgan fingerprint density at radius 1 is 1.25 bits per heavy atom. The van der Waals surface area contributed by atoms with Crippen molar-refractivity contribution in [2.75, 3.05) is 19.7 Å². The molecule has 2 aliphatic rings. The average molecular weight is 333 g/mol. The monoisotopic (exact) mass is 333 g/mol. The fraction of sp³-hybridized carbons (Fsp3) is 0.556. The molecule has 24 heavy (non-hydrogen) atoms. The minimum absolute atomic E-state index is 0.0616. The number of hydrogen-bond donors (Lipinski definition) is 1. The third-order valence-corrected chi connectivity index (χ3v) is 4.57. The zero-order chi connectivity index (χ0) is 17.1. The highest BCUT2D eigenvalue weighted by Gasteiger charge is 2.32. The Balaban J connectivity index is 1.58. The molecule has 0 spiro atoms. The van der Waals surface area contributed by atoms with E-state index in [-0.39, 0.29) is 25.2 Å². The first-order chi connectivity index (χ1) is 11.5. The van der Waals surface area contributed by atoms with Gasteiger partial charge < -0.3 is 19.5 Å². The summed E-state index contributed by atoms with van der Waals surface area (Å²) in [6.45, 7) is 2.12. The van der Waals surface area contributed by atoms with Crippen molar-refractivity contribution < 1.29 is 24.2 Å². The molecule has 0 aromatic heterocycles. The number of rotatable bonds is 4. The Morgan fingerprint density at radius 3 is 2.75 bits per heavy atom. The standard InChI is InChI=1S/C18H23NO5/c1-12-9-19(10-16(24-12)18(21)22)17(20)11-23-15-7-6-13-4-2-3-5-14(13)8-15/h6-8,12,16H,2-5,9-11H2,1H3,(H,21,22)/t12-,16?/m1/s1. The fourth-order valence-corrected chi connectivity index (χ4v) is 3.33. The molecule has 6 nitrogen and oxygen atoms in total. The van der Waals surface area contributed by atoms with Gasteiger partial charge in [-0.1, -0.05) is 6.07 Å². The number of carboxylic acid groups (broad SMARTS) is 1. The van der Waals surface area contributed by atoms with Crippen molar-refractivity contribution in [3.63, 3.8) is 0 Å². The second-order valence-corrected chi connectivity index (χ2v) is 6.50. The molecule has 1 heterocycles. The van der Waals surface area contributed by atoms with Crippen LogP contribution < -0.4 is 4.74 Å². The first kappa shape index (κ1) is 16.8. The predicted molar refractivity (Wildman–Crippen MR) is 87.1 cm³/mol. The SMILES string of the molecule is C[C@@H]1CN(C(=O)COc2ccc3c(c2)CCCC3)CC(C(=O)O)O1. The number of morpholine rings is 1. The van der Waals surface area contributed by atoms with Crippen LogP contribution in [0.2, 0.25) is 0 Å². The molecule has 1 saturated heterocycles. The predicted octanol–water partition coefficient (Wildman–Crippen LogP) is 1.64. The van der Waals surface area contributed by atoms with Gasteiger partial charge in [0, 0.05) is 6.54 Å². The van der Waals surface area contributed by atoms with Gasteiger partial charge in [0.25, 0.3) is 5.91 Å². The molecule has 3 rings (SSSR count). The maximum absolute atomic E-state index is 12.3. The Bertz CT molecular complexity index is 630. The molecular weight excluding hydrogens is 310 g/mol. The van der Waals surface area contributed by atoms with E-state index in [9.17, 15) is 9.59 Å². The summed E-state index contributed by atoms with van der Waals surface area (Å²) in [6, 6.07) is 5.99. The van der Waals surface area contributed by atoms with Crippen molar-refractivity contribution in [2.45, 2.75) is 44.8 Å². The van der Waals surface area contributed by atoms with Crippen LogP contribution in [-0.4, -0.2) is 53.8 Å². The highest BCUT2D eigenvalue weighted by atomic mass is 16.5. The summed E-state index contributed by atoms with van der Waals surface area (Å²) < 4.78 is 11.0. The molecule has 0 radical (unpaired) electrons. The van der Waals surface area contributed by atoms with Crippen LogP contribution in [0.25, 0.3) is 0 Å². The molecule has 1 aromatic carbocycles. The summed E-state index contributed by atoms with van der Waals surface area (Å²) in [5, 5.41) is 9.08. The molecule has 1 N–H and O–H groups in total. The quantitative estimate of drug-likeness (QED) is 0.906. The van der Waals surface area contributed by atoms with E-state index in [4.69, 9.17) is 14.6 Å². The smallest absolute Gasteiger partial charge is 0.334 e. The zero-order valence-corrected chi connectivity index (χ0v) is 13.9. The summed E-state index contributed by atoms with van der Waals surface area (Å²) in [5.41, 5.74) is 2.67. The first-order valence-corrected chi connectivity index (χ1v) is 8.43. The topological polar surface area (TPSA) is 76.1 Å². The molecule has 1 aliphatic heterocycles. The van der Waals surface area contributed by atoms with E-state index < -0.39 is 12.1 Å². The highest BCUT2D eigenvalue weighted by Crippen LogP contribution is 2.25. The average Bonchev–Trinajstić information content (AvgIpc) is 2.58. The van der Waals surface area contributed by atoms with Gasteiger partial charge in [-0.3, -0.25) is 4.79 Å². The minimum Gasteiger partial charge on any atom is -0.484 e. The molecule has 1 amide bonds. The number of fused-ring (bicyclic) bond motifs is 1. The minimum atomic E-state index is -1.05. The normalized spacial score (nSPS) is 23.5. The lowest BCUT2D eigenvalue weighted by molar-refractivity contribution is -0.167. The van der Waals surface area contributed by atoms with E-state index in [2.05, 4.69) is 6.07 Å². The van der Waals surface area contributed by atoms with E-state index in [1.165, 1.54) is 28.9 Å². The molecule has 6 heteroatoms. The van der Waals surface area contributed by atoms with Gasteiger partial charge in [0.1, 0.15) is 5.75 Å². The third-order valence-electron chi connectivity index (χ3n) is 4.57. The summed E-state index contributed by atoms with van der Waals surface area (Å²) in [7, 11) is 0. The molecule has 2 atom stereocenters. The lowest BCUT2D eigenvalue weighted by Gasteiger charge is -2.34. The van der Waals surface area contributed by atoms with Crippen molar-refractivity contribution in [2.24, 2.45) is 0 Å². The van der Waals surface area contributed by atoms with E-state index in [0.717, 1.165) is 12.8 Å². The van der Waals surface area contributed by atoms with Crippen molar-refractivity contribution in [3.8, 4) is 5.75 Å². The zero-order valence-electron chi connectivity index (χ0n) is 13.9. The van der Waals surface area contributed by atoms with Crippen molar-refractivity contribution in [1.82, 2.24) is 4.90 Å². The van der Waals surface area contributed by atoms with Crippen LogP contribution in [0.4, 0.5) is 0 Å². The van der Waals surface area contributed by atoms with Gasteiger partial charge in [0.05, 0.1) is 12.6 Å². The molecule has 130 valence electrons. The number of aliphatic carboxylic acids is 1. The van der Waals surface area contributed by atoms with E-state index in [0.29, 0.717) is 12.3 Å². The van der Waals surface area contributed by atoms with Gasteiger partial charge in [-0.15, -0.1) is 0 Å². The number of carbonyl (C=O) groups is 2. The molecule has 0 saturated carbocycles. The number of nitrogens with zero attached hydrogens (tertiary/aromatic N) is 1. The van der Waals surface area contributed by atoms with E-state index in [1.807, 2.05) is 12.1 Å². The first-order valence-electron chi connectivity index (χ1n) is 8.43. The largest absolute Gasteiger partial charge is 0.484 e. The Kier molecular flexibility index (Phi) is 5.04. The summed E-state index contributed by atoms with van der Waals surface area (Å²) >= 11 is 0. The Hall–Kier alpha value is -2.08. The van der Waals surface area contributed by atoms with Gasteiger partial charge in [-0.2, -0.15) is 0 Å². The van der Waals surface area contributed by atoms with Crippen LogP contribution in [0.5, 0.6) is 5.75 Å². The molecule has 1 aromatic rings. The molecule has 0 bridgehead atoms. The van der Waals surface area contributed by atoms with Crippen molar-refractivity contribution in [1.29, 1.82) is 0 Å². The summed E-state index contributed by atoms with van der Waals surface area (Å²) in [5.74, 6) is -0.566. The van der Waals surface area contributed by atoms with Crippen LogP contribution in [0.3, 0.4) is 0 Å². The molecule has 1 fully saturated rings. The van der Waals surface area contributed by atoms with Gasteiger partial charge in [-0.25, -0.2) is 4.79 Å². The second-order valence-electron chi connectivity index (χ2n) is 6.50. The van der Waals surface area contributed by atoms with Crippen LogP contribution in [0, 0.1) is 0 Å². The van der Waals surface area contributed by atoms with Crippen LogP contribution in [0.1, 0.15) is 30.9 Å². The summed E-state index contributed by atoms with van der Waals surface area (Å²) in [6.07, 6.45) is 3.32. The number of ether oxygens (including phenoxy) is 2. The second kappa shape index (κ2) is 7.21. The van der Waals surface area contributed by atoms with E-state index in [1.54, 1.807) is 6.92 Å². The number of benzene rings is 1. The van der Waals surface area contributed by atoms with Gasteiger partial charge in [-0.05, 0) is 55.9 Å². The van der Waals surface area contributed by atoms with E-state index >= 15 is 0 Å². The van der Waals surface area contributed by atoms with Crippen LogP contribution in [-0.2, 0) is 27.2 Å². The fourth-order valence-electron chi connectivity index (χ4n) is 3.33. The maximum atomic E-state index is 12.3. The number of hydrogen-bond acceptors (Lipinski definition) is 4. The maximum Gasteiger partial charge on any atom is 0.334 e. The van der Waals surface area contributed by atoms with Crippen molar-refractivity contribution in [3.05, 3.63) is 29.3 Å². The van der Waals surface area contributed by atoms with Gasteiger partial charge in [0.2, 0.25) is 0 Å². The molecular formula is C18H23NO5. The molecule has 1 unspecified atom stereocenters. The highest BCUT2D eigenvalue weighted by molar-refractivity contribution is 5.80. The number of carbonyl (C=O) groups excluding carboxylic acids is 1. The number of carboxylic acids is 1. The number of aryl methyl sites for hydroxylation is 2. The Labute approximate surface area is 141 Å². The lowest BCUT2D eigenvalue weighted by Crippen LogP contribution is -2.52. The molecule has 1 aliphatic carbocycles. The lowest BCUT2D eigenvalue weighted by atomic mass is 9.92. The number of amides is 1.